The molecule has 0 unspecified atom stereocenters. The average molecular weight is 239 g/mol. The van der Waals surface area contributed by atoms with Gasteiger partial charge in [-0.15, -0.1) is 11.3 Å². The van der Waals surface area contributed by atoms with E-state index in [1.54, 1.807) is 0 Å². The summed E-state index contributed by atoms with van der Waals surface area (Å²) in [5.41, 5.74) is 1.17. The molecule has 0 atom stereocenters. The molecular formula is C15H13NS. The lowest BCUT2D eigenvalue weighted by Gasteiger charge is -2.03. The number of anilines is 1. The Morgan fingerprint density at radius 2 is 1.65 bits per heavy atom. The maximum Gasteiger partial charge on any atom is 0.0494 e. The normalized spacial score (nSPS) is 10.6. The molecule has 1 heterocycles. The summed E-state index contributed by atoms with van der Waals surface area (Å²) in [5.74, 6) is 0. The van der Waals surface area contributed by atoms with Crippen LogP contribution >= 0.6 is 11.3 Å². The van der Waals surface area contributed by atoms with Gasteiger partial charge in [-0.05, 0) is 29.7 Å². The summed E-state index contributed by atoms with van der Waals surface area (Å²) >= 11 is 1.85. The van der Waals surface area contributed by atoms with E-state index in [2.05, 4.69) is 47.8 Å². The molecule has 0 saturated heterocycles. The monoisotopic (exact) mass is 239 g/mol. The second-order valence-corrected chi connectivity index (χ2v) is 5.14. The number of para-hydroxylation sites is 1. The molecule has 84 valence electrons. The van der Waals surface area contributed by atoms with Gasteiger partial charge in [0.1, 0.15) is 0 Å². The van der Waals surface area contributed by atoms with E-state index < -0.39 is 0 Å². The highest BCUT2D eigenvalue weighted by atomic mass is 32.1. The molecule has 0 aliphatic carbocycles. The molecule has 0 spiro atoms. The molecule has 1 N–H and O–H groups in total. The van der Waals surface area contributed by atoms with Gasteiger partial charge in [-0.1, -0.05) is 36.4 Å². The van der Waals surface area contributed by atoms with Crippen molar-refractivity contribution in [3.63, 3.8) is 0 Å². The Hall–Kier alpha value is -1.80. The first-order valence-corrected chi connectivity index (χ1v) is 6.50. The topological polar surface area (TPSA) is 12.0 Å². The summed E-state index contributed by atoms with van der Waals surface area (Å²) in [6.45, 7) is 0.892. The van der Waals surface area contributed by atoms with Crippen LogP contribution in [0.2, 0.25) is 0 Å². The van der Waals surface area contributed by atoms with Crippen molar-refractivity contribution >= 4 is 27.1 Å². The van der Waals surface area contributed by atoms with Crippen molar-refractivity contribution in [2.75, 3.05) is 5.32 Å². The number of thiophene rings is 1. The van der Waals surface area contributed by atoms with Crippen LogP contribution in [-0.4, -0.2) is 0 Å². The first kappa shape index (κ1) is 10.4. The van der Waals surface area contributed by atoms with Crippen molar-refractivity contribution < 1.29 is 0 Å². The standard InChI is InChI=1S/C15H13NS/c1-2-7-13(8-3-1)16-11-14-10-12-6-4-5-9-15(12)17-14/h1-10,16H,11H2. The molecular weight excluding hydrogens is 226 g/mol. The van der Waals surface area contributed by atoms with E-state index in [9.17, 15) is 0 Å². The Labute approximate surface area is 105 Å². The van der Waals surface area contributed by atoms with E-state index in [1.165, 1.54) is 20.7 Å². The number of nitrogens with one attached hydrogen (secondary N) is 1. The zero-order valence-electron chi connectivity index (χ0n) is 9.39. The molecule has 17 heavy (non-hydrogen) atoms. The summed E-state index contributed by atoms with van der Waals surface area (Å²) in [6.07, 6.45) is 0. The van der Waals surface area contributed by atoms with Crippen LogP contribution in [0, 0.1) is 0 Å². The minimum atomic E-state index is 0.892. The predicted molar refractivity (Wildman–Crippen MR) is 75.6 cm³/mol. The maximum atomic E-state index is 3.43. The Balaban J connectivity index is 1.77. The van der Waals surface area contributed by atoms with Crippen LogP contribution in [0.5, 0.6) is 0 Å². The molecule has 0 radical (unpaired) electrons. The van der Waals surface area contributed by atoms with Crippen molar-refractivity contribution in [1.82, 2.24) is 0 Å². The van der Waals surface area contributed by atoms with Crippen LogP contribution in [0.15, 0.2) is 60.7 Å². The molecule has 3 rings (SSSR count). The second kappa shape index (κ2) is 4.60. The van der Waals surface area contributed by atoms with Crippen molar-refractivity contribution in [2.45, 2.75) is 6.54 Å². The van der Waals surface area contributed by atoms with Crippen LogP contribution in [0.3, 0.4) is 0 Å². The van der Waals surface area contributed by atoms with E-state index in [-0.39, 0.29) is 0 Å². The fourth-order valence-corrected chi connectivity index (χ4v) is 2.87. The number of benzene rings is 2. The summed E-state index contributed by atoms with van der Waals surface area (Å²) in [5, 5.41) is 4.77. The molecule has 3 aromatic rings. The van der Waals surface area contributed by atoms with Crippen molar-refractivity contribution in [3.05, 3.63) is 65.5 Å². The largest absolute Gasteiger partial charge is 0.380 e. The third-order valence-electron chi connectivity index (χ3n) is 2.72. The van der Waals surface area contributed by atoms with Gasteiger partial charge in [0.2, 0.25) is 0 Å². The highest BCUT2D eigenvalue weighted by Gasteiger charge is 2.00. The molecule has 0 aliphatic rings. The Bertz CT molecular complexity index is 580. The highest BCUT2D eigenvalue weighted by molar-refractivity contribution is 7.19. The molecule has 0 fully saturated rings. The van der Waals surface area contributed by atoms with E-state index in [0.717, 1.165) is 6.54 Å². The van der Waals surface area contributed by atoms with Crippen LogP contribution < -0.4 is 5.32 Å². The third-order valence-corrected chi connectivity index (χ3v) is 3.83. The highest BCUT2D eigenvalue weighted by Crippen LogP contribution is 2.25. The fraction of sp³-hybridized carbons (Fsp3) is 0.0667. The van der Waals surface area contributed by atoms with Crippen molar-refractivity contribution in [3.8, 4) is 0 Å². The van der Waals surface area contributed by atoms with Crippen molar-refractivity contribution in [1.29, 1.82) is 0 Å². The zero-order valence-corrected chi connectivity index (χ0v) is 10.2. The van der Waals surface area contributed by atoms with Gasteiger partial charge in [-0.2, -0.15) is 0 Å². The molecule has 1 aromatic heterocycles. The van der Waals surface area contributed by atoms with Gasteiger partial charge in [0.05, 0.1) is 0 Å². The lowest BCUT2D eigenvalue weighted by Crippen LogP contribution is -1.96. The lowest BCUT2D eigenvalue weighted by atomic mass is 10.2. The third kappa shape index (κ3) is 2.32. The quantitative estimate of drug-likeness (QED) is 0.709. The average Bonchev–Trinajstić information content (AvgIpc) is 2.80. The maximum absolute atomic E-state index is 3.43. The Kier molecular flexibility index (Phi) is 2.80. The van der Waals surface area contributed by atoms with E-state index in [0.29, 0.717) is 0 Å². The summed E-state index contributed by atoms with van der Waals surface area (Å²) < 4.78 is 1.36. The minimum Gasteiger partial charge on any atom is -0.380 e. The van der Waals surface area contributed by atoms with Gasteiger partial charge in [0.25, 0.3) is 0 Å². The molecule has 1 nitrogen and oxygen atoms in total. The summed E-state index contributed by atoms with van der Waals surface area (Å²) in [6, 6.07) is 21.1. The smallest absolute Gasteiger partial charge is 0.0494 e. The van der Waals surface area contributed by atoms with Gasteiger partial charge in [-0.3, -0.25) is 0 Å². The van der Waals surface area contributed by atoms with Gasteiger partial charge >= 0.3 is 0 Å². The summed E-state index contributed by atoms with van der Waals surface area (Å²) in [4.78, 5) is 1.37. The van der Waals surface area contributed by atoms with Gasteiger partial charge in [0, 0.05) is 21.8 Å². The number of hydrogen-bond acceptors (Lipinski definition) is 2. The minimum absolute atomic E-state index is 0.892. The lowest BCUT2D eigenvalue weighted by molar-refractivity contribution is 1.19. The van der Waals surface area contributed by atoms with Gasteiger partial charge < -0.3 is 5.32 Å². The van der Waals surface area contributed by atoms with Crippen LogP contribution in [0.4, 0.5) is 5.69 Å². The Morgan fingerprint density at radius 3 is 2.47 bits per heavy atom. The van der Waals surface area contributed by atoms with Gasteiger partial charge in [0.15, 0.2) is 0 Å². The SMILES string of the molecule is c1ccc(NCc2cc3ccccc3s2)cc1. The van der Waals surface area contributed by atoms with Crippen molar-refractivity contribution in [2.24, 2.45) is 0 Å². The predicted octanol–water partition coefficient (Wildman–Crippen LogP) is 4.51. The fourth-order valence-electron chi connectivity index (χ4n) is 1.87. The molecule has 0 saturated carbocycles. The van der Waals surface area contributed by atoms with Crippen LogP contribution in [-0.2, 0) is 6.54 Å². The second-order valence-electron chi connectivity index (χ2n) is 3.97. The molecule has 0 aliphatic heterocycles. The first-order valence-electron chi connectivity index (χ1n) is 5.68. The number of fused-ring (bicyclic) bond motifs is 1. The van der Waals surface area contributed by atoms with Crippen LogP contribution in [0.1, 0.15) is 4.88 Å². The van der Waals surface area contributed by atoms with E-state index >= 15 is 0 Å². The van der Waals surface area contributed by atoms with E-state index in [4.69, 9.17) is 0 Å². The van der Waals surface area contributed by atoms with E-state index in [1.807, 2.05) is 29.5 Å². The first-order chi connectivity index (χ1) is 8.42. The van der Waals surface area contributed by atoms with Gasteiger partial charge in [-0.25, -0.2) is 0 Å². The molecule has 0 bridgehead atoms. The zero-order chi connectivity index (χ0) is 11.5. The molecule has 2 aromatic carbocycles. The Morgan fingerprint density at radius 1 is 0.882 bits per heavy atom. The number of rotatable bonds is 3. The number of hydrogen-bond donors (Lipinski definition) is 1. The van der Waals surface area contributed by atoms with Crippen LogP contribution in [0.25, 0.3) is 10.1 Å². The summed E-state index contributed by atoms with van der Waals surface area (Å²) in [7, 11) is 0. The molecule has 0 amide bonds. The molecule has 2 heteroatoms.